The maximum absolute atomic E-state index is 12.2. The number of alkyl halides is 3. The molecular formula is C17H10BrF3N2O2. The summed E-state index contributed by atoms with van der Waals surface area (Å²) in [5.74, 6) is 0.256. The van der Waals surface area contributed by atoms with Gasteiger partial charge >= 0.3 is 6.36 Å². The Balaban J connectivity index is 1.88. The molecule has 0 radical (unpaired) electrons. The standard InChI is InChI=1S/C17H10BrF3N2O2/c18-11-3-6-15-13(7-11)14(23-9-22)8-16(24-15)10-1-4-12(5-2-10)25-17(19,20)21/h1-7,16H,8H2. The summed E-state index contributed by atoms with van der Waals surface area (Å²) < 4.78 is 47.3. The molecule has 0 saturated carbocycles. The molecule has 0 saturated heterocycles. The van der Waals surface area contributed by atoms with Crippen LogP contribution in [0.15, 0.2) is 51.9 Å². The van der Waals surface area contributed by atoms with Gasteiger partial charge in [0.25, 0.3) is 0 Å². The average molecular weight is 411 g/mol. The van der Waals surface area contributed by atoms with Crippen molar-refractivity contribution < 1.29 is 22.6 Å². The Morgan fingerprint density at radius 3 is 2.56 bits per heavy atom. The van der Waals surface area contributed by atoms with Gasteiger partial charge in [-0.3, -0.25) is 0 Å². The number of nitriles is 1. The van der Waals surface area contributed by atoms with Gasteiger partial charge in [0.2, 0.25) is 6.19 Å². The minimum absolute atomic E-state index is 0.303. The number of halogens is 4. The van der Waals surface area contributed by atoms with Crippen LogP contribution < -0.4 is 9.47 Å². The summed E-state index contributed by atoms with van der Waals surface area (Å²) in [5, 5.41) is 8.90. The highest BCUT2D eigenvalue weighted by molar-refractivity contribution is 9.10. The third kappa shape index (κ3) is 4.12. The molecule has 3 rings (SSSR count). The zero-order valence-corrected chi connectivity index (χ0v) is 14.1. The van der Waals surface area contributed by atoms with Crippen molar-refractivity contribution in [1.29, 1.82) is 5.26 Å². The number of hydrogen-bond donors (Lipinski definition) is 0. The lowest BCUT2D eigenvalue weighted by atomic mass is 9.95. The maximum atomic E-state index is 12.2. The van der Waals surface area contributed by atoms with Crippen molar-refractivity contribution in [1.82, 2.24) is 0 Å². The average Bonchev–Trinajstić information content (AvgIpc) is 2.54. The van der Waals surface area contributed by atoms with Crippen molar-refractivity contribution in [3.05, 3.63) is 58.1 Å². The first kappa shape index (κ1) is 17.3. The van der Waals surface area contributed by atoms with Gasteiger partial charge in [-0.1, -0.05) is 28.1 Å². The van der Waals surface area contributed by atoms with Crippen LogP contribution in [0.25, 0.3) is 0 Å². The van der Waals surface area contributed by atoms with E-state index in [9.17, 15) is 13.2 Å². The summed E-state index contributed by atoms with van der Waals surface area (Å²) in [6.45, 7) is 0. The molecule has 0 aromatic heterocycles. The quantitative estimate of drug-likeness (QED) is 0.643. The van der Waals surface area contributed by atoms with Crippen molar-refractivity contribution in [2.24, 2.45) is 4.99 Å². The molecular weight excluding hydrogens is 401 g/mol. The van der Waals surface area contributed by atoms with Crippen LogP contribution in [-0.2, 0) is 0 Å². The topological polar surface area (TPSA) is 54.6 Å². The van der Waals surface area contributed by atoms with E-state index in [4.69, 9.17) is 10.00 Å². The summed E-state index contributed by atoms with van der Waals surface area (Å²) in [5.41, 5.74) is 1.93. The van der Waals surface area contributed by atoms with Crippen LogP contribution in [0, 0.1) is 11.5 Å². The number of nitrogens with zero attached hydrogens (tertiary/aromatic N) is 2. The van der Waals surface area contributed by atoms with Gasteiger partial charge in [-0.15, -0.1) is 13.2 Å². The molecule has 25 heavy (non-hydrogen) atoms. The Kier molecular flexibility index (Phi) is 4.68. The lowest BCUT2D eigenvalue weighted by Crippen LogP contribution is -2.21. The van der Waals surface area contributed by atoms with Crippen molar-refractivity contribution in [2.45, 2.75) is 18.9 Å². The van der Waals surface area contributed by atoms with E-state index in [0.717, 1.165) is 4.47 Å². The second-order valence-electron chi connectivity index (χ2n) is 5.23. The Labute approximate surface area is 149 Å². The molecule has 1 heterocycles. The summed E-state index contributed by atoms with van der Waals surface area (Å²) >= 11 is 3.36. The Bertz CT molecular complexity index is 858. The first-order valence-electron chi connectivity index (χ1n) is 7.13. The third-order valence-electron chi connectivity index (χ3n) is 3.57. The third-order valence-corrected chi connectivity index (χ3v) is 4.06. The van der Waals surface area contributed by atoms with Gasteiger partial charge in [-0.2, -0.15) is 10.3 Å². The largest absolute Gasteiger partial charge is 0.573 e. The predicted octanol–water partition coefficient (Wildman–Crippen LogP) is 5.14. The molecule has 8 heteroatoms. The van der Waals surface area contributed by atoms with Gasteiger partial charge in [0.1, 0.15) is 17.6 Å². The molecule has 2 aromatic carbocycles. The summed E-state index contributed by atoms with van der Waals surface area (Å²) in [4.78, 5) is 3.86. The summed E-state index contributed by atoms with van der Waals surface area (Å²) in [7, 11) is 0. The van der Waals surface area contributed by atoms with Gasteiger partial charge in [-0.05, 0) is 35.9 Å². The highest BCUT2D eigenvalue weighted by Crippen LogP contribution is 2.37. The fraction of sp³-hybridized carbons (Fsp3) is 0.176. The van der Waals surface area contributed by atoms with E-state index >= 15 is 0 Å². The molecule has 0 N–H and O–H groups in total. The smallest absolute Gasteiger partial charge is 0.485 e. The van der Waals surface area contributed by atoms with Crippen molar-refractivity contribution in [2.75, 3.05) is 0 Å². The lowest BCUT2D eigenvalue weighted by molar-refractivity contribution is -0.274. The van der Waals surface area contributed by atoms with Gasteiger partial charge in [0, 0.05) is 16.5 Å². The number of rotatable bonds is 2. The van der Waals surface area contributed by atoms with E-state index in [2.05, 4.69) is 25.7 Å². The number of hydrogen-bond acceptors (Lipinski definition) is 4. The van der Waals surface area contributed by atoms with Gasteiger partial charge in [-0.25, -0.2) is 0 Å². The fourth-order valence-corrected chi connectivity index (χ4v) is 2.91. The van der Waals surface area contributed by atoms with Crippen LogP contribution in [0.1, 0.15) is 23.7 Å². The predicted molar refractivity (Wildman–Crippen MR) is 87.4 cm³/mol. The van der Waals surface area contributed by atoms with E-state index in [-0.39, 0.29) is 5.75 Å². The van der Waals surface area contributed by atoms with E-state index in [1.54, 1.807) is 18.3 Å². The fourth-order valence-electron chi connectivity index (χ4n) is 2.55. The van der Waals surface area contributed by atoms with E-state index in [1.165, 1.54) is 24.3 Å². The molecule has 1 atom stereocenters. The second-order valence-corrected chi connectivity index (χ2v) is 6.14. The molecule has 1 unspecified atom stereocenters. The van der Waals surface area contributed by atoms with E-state index in [1.807, 2.05) is 6.07 Å². The molecule has 1 aliphatic rings. The van der Waals surface area contributed by atoms with Crippen LogP contribution in [0.5, 0.6) is 11.5 Å². The first-order valence-corrected chi connectivity index (χ1v) is 7.93. The summed E-state index contributed by atoms with van der Waals surface area (Å²) in [6, 6.07) is 10.8. The molecule has 0 fully saturated rings. The van der Waals surface area contributed by atoms with Crippen LogP contribution >= 0.6 is 15.9 Å². The van der Waals surface area contributed by atoms with Crippen LogP contribution in [0.3, 0.4) is 0 Å². The minimum atomic E-state index is -4.73. The van der Waals surface area contributed by atoms with Gasteiger partial charge < -0.3 is 9.47 Å². The molecule has 0 amide bonds. The number of benzene rings is 2. The van der Waals surface area contributed by atoms with Crippen molar-refractivity contribution in [3.63, 3.8) is 0 Å². The zero-order valence-electron chi connectivity index (χ0n) is 12.5. The molecule has 0 bridgehead atoms. The highest BCUT2D eigenvalue weighted by Gasteiger charge is 2.31. The molecule has 1 aliphatic heterocycles. The summed E-state index contributed by atoms with van der Waals surface area (Å²) in [6.07, 6.45) is -3.09. The van der Waals surface area contributed by atoms with Crippen LogP contribution in [0.4, 0.5) is 13.2 Å². The normalized spacial score (nSPS) is 18.2. The zero-order chi connectivity index (χ0) is 18.0. The van der Waals surface area contributed by atoms with Crippen LogP contribution in [0.2, 0.25) is 0 Å². The lowest BCUT2D eigenvalue weighted by Gasteiger charge is -2.27. The maximum Gasteiger partial charge on any atom is 0.573 e. The first-order chi connectivity index (χ1) is 11.9. The molecule has 0 aliphatic carbocycles. The molecule has 4 nitrogen and oxygen atoms in total. The van der Waals surface area contributed by atoms with E-state index in [0.29, 0.717) is 29.0 Å². The number of ether oxygens (including phenoxy) is 2. The monoisotopic (exact) mass is 410 g/mol. The number of aliphatic imine (C=N–C) groups is 1. The van der Waals surface area contributed by atoms with E-state index < -0.39 is 12.5 Å². The van der Waals surface area contributed by atoms with Crippen LogP contribution in [-0.4, -0.2) is 12.1 Å². The highest BCUT2D eigenvalue weighted by atomic mass is 79.9. The number of fused-ring (bicyclic) bond motifs is 1. The molecule has 0 spiro atoms. The van der Waals surface area contributed by atoms with Gasteiger partial charge in [0.05, 0.1) is 5.71 Å². The minimum Gasteiger partial charge on any atom is -0.485 e. The van der Waals surface area contributed by atoms with Gasteiger partial charge in [0.15, 0.2) is 0 Å². The SMILES string of the molecule is N#CN=C1CC(c2ccc(OC(F)(F)F)cc2)Oc2ccc(Br)cc21. The Hall–Kier alpha value is -2.53. The molecule has 2 aromatic rings. The Morgan fingerprint density at radius 2 is 1.92 bits per heavy atom. The van der Waals surface area contributed by atoms with Crippen molar-refractivity contribution >= 4 is 21.6 Å². The molecule has 128 valence electrons. The second kappa shape index (κ2) is 6.76. The Morgan fingerprint density at radius 1 is 1.20 bits per heavy atom. The van der Waals surface area contributed by atoms with Crippen molar-refractivity contribution in [3.8, 4) is 17.7 Å².